The van der Waals surface area contributed by atoms with E-state index < -0.39 is 0 Å². The molecule has 2 aromatic heterocycles. The van der Waals surface area contributed by atoms with Gasteiger partial charge >= 0.3 is 0 Å². The van der Waals surface area contributed by atoms with Crippen LogP contribution in [0.3, 0.4) is 0 Å². The molecule has 2 aromatic carbocycles. The minimum atomic E-state index is -0.186. The molecular weight excluding hydrogens is 326 g/mol. The van der Waals surface area contributed by atoms with Gasteiger partial charge in [-0.05, 0) is 55.2 Å². The van der Waals surface area contributed by atoms with Gasteiger partial charge in [0.1, 0.15) is 6.33 Å². The van der Waals surface area contributed by atoms with E-state index >= 15 is 0 Å². The lowest BCUT2D eigenvalue weighted by atomic mass is 10.1. The maximum absolute atomic E-state index is 12.8. The Morgan fingerprint density at radius 2 is 1.73 bits per heavy atom. The number of aromatic nitrogens is 5. The van der Waals surface area contributed by atoms with Gasteiger partial charge in [0.2, 0.25) is 0 Å². The van der Waals surface area contributed by atoms with Crippen LogP contribution in [0.2, 0.25) is 0 Å². The molecule has 0 saturated carbocycles. The fourth-order valence-electron chi connectivity index (χ4n) is 3.17. The van der Waals surface area contributed by atoms with Crippen molar-refractivity contribution in [1.82, 2.24) is 24.5 Å². The van der Waals surface area contributed by atoms with E-state index in [2.05, 4.69) is 21.4 Å². The molecule has 0 bridgehead atoms. The summed E-state index contributed by atoms with van der Waals surface area (Å²) in [5.74, 6) is 0. The van der Waals surface area contributed by atoms with Gasteiger partial charge in [0.05, 0.1) is 12.2 Å². The van der Waals surface area contributed by atoms with Crippen molar-refractivity contribution in [1.29, 1.82) is 0 Å². The number of rotatable bonds is 3. The van der Waals surface area contributed by atoms with Crippen molar-refractivity contribution in [3.8, 4) is 5.69 Å². The molecule has 4 aromatic rings. The molecule has 0 aliphatic rings. The Morgan fingerprint density at radius 1 is 1.00 bits per heavy atom. The Hall–Kier alpha value is -3.28. The van der Waals surface area contributed by atoms with Crippen LogP contribution in [0, 0.1) is 20.8 Å². The quantitative estimate of drug-likeness (QED) is 0.573. The smallest absolute Gasteiger partial charge is 0.283 e. The molecule has 0 N–H and O–H groups in total. The highest BCUT2D eigenvalue weighted by Gasteiger charge is 2.14. The maximum atomic E-state index is 12.8. The summed E-state index contributed by atoms with van der Waals surface area (Å²) in [6, 6.07) is 14.1. The summed E-state index contributed by atoms with van der Waals surface area (Å²) in [5, 5.41) is 8.26. The number of aryl methyl sites for hydroxylation is 3. The van der Waals surface area contributed by atoms with E-state index in [1.807, 2.05) is 57.2 Å². The third-order valence-electron chi connectivity index (χ3n) is 4.48. The minimum Gasteiger partial charge on any atom is -0.293 e. The van der Waals surface area contributed by atoms with E-state index in [0.29, 0.717) is 12.2 Å². The van der Waals surface area contributed by atoms with E-state index in [4.69, 9.17) is 0 Å². The Morgan fingerprint density at radius 3 is 2.46 bits per heavy atom. The normalized spacial score (nSPS) is 11.2. The van der Waals surface area contributed by atoms with Crippen LogP contribution in [-0.4, -0.2) is 24.5 Å². The molecule has 6 heteroatoms. The fraction of sp³-hybridized carbons (Fsp3) is 0.200. The Kier molecular flexibility index (Phi) is 3.88. The monoisotopic (exact) mass is 345 g/mol. The molecule has 0 aliphatic heterocycles. The van der Waals surface area contributed by atoms with Crippen molar-refractivity contribution in [3.05, 3.63) is 81.4 Å². The summed E-state index contributed by atoms with van der Waals surface area (Å²) in [5.41, 5.74) is 5.88. The Balaban J connectivity index is 1.81. The van der Waals surface area contributed by atoms with Gasteiger partial charge in [-0.2, -0.15) is 4.68 Å². The van der Waals surface area contributed by atoms with Gasteiger partial charge in [-0.1, -0.05) is 35.5 Å². The molecule has 0 amide bonds. The van der Waals surface area contributed by atoms with Crippen molar-refractivity contribution in [2.24, 2.45) is 0 Å². The van der Waals surface area contributed by atoms with Crippen LogP contribution < -0.4 is 5.56 Å². The molecule has 0 fully saturated rings. The van der Waals surface area contributed by atoms with Gasteiger partial charge < -0.3 is 0 Å². The van der Waals surface area contributed by atoms with E-state index in [1.54, 1.807) is 15.6 Å². The lowest BCUT2D eigenvalue weighted by Gasteiger charge is -2.08. The predicted octanol–water partition coefficient (Wildman–Crippen LogP) is 2.95. The molecule has 0 atom stereocenters. The lowest BCUT2D eigenvalue weighted by Crippen LogP contribution is -2.22. The molecule has 26 heavy (non-hydrogen) atoms. The van der Waals surface area contributed by atoms with Crippen molar-refractivity contribution in [2.45, 2.75) is 27.3 Å². The first kappa shape index (κ1) is 16.2. The zero-order valence-electron chi connectivity index (χ0n) is 15.0. The van der Waals surface area contributed by atoms with Gasteiger partial charge in [-0.25, -0.2) is 4.98 Å². The topological polar surface area (TPSA) is 65.6 Å². The van der Waals surface area contributed by atoms with Gasteiger partial charge in [-0.3, -0.25) is 9.36 Å². The third-order valence-corrected chi connectivity index (χ3v) is 4.48. The lowest BCUT2D eigenvalue weighted by molar-refractivity contribution is 0.741. The standard InChI is InChI=1S/C20H19N5O/c1-13-8-14(2)10-17(9-13)25-19-18(22-23-25)20(26)24(12-21-19)11-16-7-5-4-6-15(16)3/h4-10,12H,11H2,1-3H3. The summed E-state index contributed by atoms with van der Waals surface area (Å²) < 4.78 is 3.19. The molecule has 2 heterocycles. The van der Waals surface area contributed by atoms with Crippen LogP contribution in [-0.2, 0) is 6.54 Å². The molecule has 0 aliphatic carbocycles. The van der Waals surface area contributed by atoms with Crippen molar-refractivity contribution < 1.29 is 0 Å². The average molecular weight is 345 g/mol. The van der Waals surface area contributed by atoms with E-state index in [0.717, 1.165) is 27.9 Å². The second kappa shape index (κ2) is 6.22. The maximum Gasteiger partial charge on any atom is 0.283 e. The summed E-state index contributed by atoms with van der Waals surface area (Å²) in [6.45, 7) is 6.55. The third kappa shape index (κ3) is 2.79. The van der Waals surface area contributed by atoms with Crippen molar-refractivity contribution in [2.75, 3.05) is 0 Å². The van der Waals surface area contributed by atoms with Gasteiger partial charge in [0.15, 0.2) is 11.2 Å². The Bertz CT molecular complexity index is 1150. The molecular formula is C20H19N5O. The van der Waals surface area contributed by atoms with Gasteiger partial charge in [0, 0.05) is 0 Å². The number of nitrogens with zero attached hydrogens (tertiary/aromatic N) is 5. The zero-order valence-corrected chi connectivity index (χ0v) is 15.0. The van der Waals surface area contributed by atoms with Crippen LogP contribution >= 0.6 is 0 Å². The van der Waals surface area contributed by atoms with Crippen molar-refractivity contribution in [3.63, 3.8) is 0 Å². The first-order chi connectivity index (χ1) is 12.5. The second-order valence-electron chi connectivity index (χ2n) is 6.62. The van der Waals surface area contributed by atoms with Gasteiger partial charge in [-0.15, -0.1) is 5.10 Å². The Labute approximate surface area is 150 Å². The molecule has 0 saturated heterocycles. The minimum absolute atomic E-state index is 0.186. The highest BCUT2D eigenvalue weighted by atomic mass is 16.1. The molecule has 6 nitrogen and oxygen atoms in total. The summed E-state index contributed by atoms with van der Waals surface area (Å²) >= 11 is 0. The fourth-order valence-corrected chi connectivity index (χ4v) is 3.17. The molecule has 0 unspecified atom stereocenters. The van der Waals surface area contributed by atoms with E-state index in [1.165, 1.54) is 0 Å². The predicted molar refractivity (Wildman–Crippen MR) is 101 cm³/mol. The average Bonchev–Trinajstić information content (AvgIpc) is 3.03. The molecule has 0 spiro atoms. The van der Waals surface area contributed by atoms with Crippen LogP contribution in [0.15, 0.2) is 53.6 Å². The number of hydrogen-bond donors (Lipinski definition) is 0. The van der Waals surface area contributed by atoms with E-state index in [9.17, 15) is 4.79 Å². The van der Waals surface area contributed by atoms with Crippen LogP contribution in [0.25, 0.3) is 16.9 Å². The molecule has 4 rings (SSSR count). The number of hydrogen-bond acceptors (Lipinski definition) is 4. The zero-order chi connectivity index (χ0) is 18.3. The SMILES string of the molecule is Cc1cc(C)cc(-n2nnc3c(=O)n(Cc4ccccc4C)cnc32)c1. The second-order valence-corrected chi connectivity index (χ2v) is 6.62. The van der Waals surface area contributed by atoms with Gasteiger partial charge in [0.25, 0.3) is 5.56 Å². The largest absolute Gasteiger partial charge is 0.293 e. The van der Waals surface area contributed by atoms with Crippen LogP contribution in [0.5, 0.6) is 0 Å². The van der Waals surface area contributed by atoms with Crippen LogP contribution in [0.4, 0.5) is 0 Å². The number of benzene rings is 2. The molecule has 0 radical (unpaired) electrons. The number of fused-ring (bicyclic) bond motifs is 1. The summed E-state index contributed by atoms with van der Waals surface area (Å²) in [4.78, 5) is 17.3. The first-order valence-corrected chi connectivity index (χ1v) is 8.47. The molecule has 130 valence electrons. The highest BCUT2D eigenvalue weighted by molar-refractivity contribution is 5.70. The first-order valence-electron chi connectivity index (χ1n) is 8.47. The summed E-state index contributed by atoms with van der Waals surface area (Å²) in [6.07, 6.45) is 1.57. The highest BCUT2D eigenvalue weighted by Crippen LogP contribution is 2.16. The van der Waals surface area contributed by atoms with Crippen molar-refractivity contribution >= 4 is 11.2 Å². The van der Waals surface area contributed by atoms with E-state index in [-0.39, 0.29) is 11.1 Å². The summed E-state index contributed by atoms with van der Waals surface area (Å²) in [7, 11) is 0. The van der Waals surface area contributed by atoms with Crippen LogP contribution in [0.1, 0.15) is 22.3 Å².